The van der Waals surface area contributed by atoms with Crippen molar-refractivity contribution in [3.8, 4) is 17.4 Å². The molecule has 0 radical (unpaired) electrons. The molecule has 4 rings (SSSR count). The summed E-state index contributed by atoms with van der Waals surface area (Å²) in [6.07, 6.45) is 0.835. The number of anilines is 1. The molecule has 33 heavy (non-hydrogen) atoms. The van der Waals surface area contributed by atoms with Crippen LogP contribution in [0.3, 0.4) is 0 Å². The quantitative estimate of drug-likeness (QED) is 0.377. The van der Waals surface area contributed by atoms with E-state index in [1.165, 1.54) is 43.4 Å². The largest absolute Gasteiger partial charge is 0.481 e. The fourth-order valence-corrected chi connectivity index (χ4v) is 4.60. The summed E-state index contributed by atoms with van der Waals surface area (Å²) in [7, 11) is -1.81. The number of methoxy groups -OCH3 is 2. The Labute approximate surface area is 190 Å². The molecular weight excluding hydrogens is 484 g/mol. The first-order valence-electron chi connectivity index (χ1n) is 9.21. The van der Waals surface area contributed by atoms with Crippen LogP contribution in [-0.2, 0) is 16.4 Å². The predicted molar refractivity (Wildman–Crippen MR) is 114 cm³/mol. The molecule has 0 saturated heterocycles. The van der Waals surface area contributed by atoms with Crippen molar-refractivity contribution in [3.05, 3.63) is 41.3 Å². The summed E-state index contributed by atoms with van der Waals surface area (Å²) in [6, 6.07) is 3.05. The van der Waals surface area contributed by atoms with Crippen LogP contribution in [-0.4, -0.2) is 59.0 Å². The Bertz CT molecular complexity index is 1390. The van der Waals surface area contributed by atoms with Gasteiger partial charge < -0.3 is 14.5 Å². The van der Waals surface area contributed by atoms with Gasteiger partial charge in [0.25, 0.3) is 10.0 Å². The minimum atomic E-state index is -4.23. The first-order chi connectivity index (χ1) is 15.7. The number of fused-ring (bicyclic) bond motifs is 1. The maximum absolute atomic E-state index is 13.1. The van der Waals surface area contributed by atoms with Gasteiger partial charge in [0, 0.05) is 18.0 Å². The first-order valence-corrected chi connectivity index (χ1v) is 11.1. The molecule has 11 nitrogen and oxygen atoms in total. The molecule has 2 N–H and O–H groups in total. The van der Waals surface area contributed by atoms with Gasteiger partial charge in [0.1, 0.15) is 10.6 Å². The van der Waals surface area contributed by atoms with E-state index in [4.69, 9.17) is 21.1 Å². The summed E-state index contributed by atoms with van der Waals surface area (Å²) >= 11 is 6.29. The van der Waals surface area contributed by atoms with E-state index in [0.29, 0.717) is 21.6 Å². The molecule has 3 aromatic heterocycles. The van der Waals surface area contributed by atoms with E-state index < -0.39 is 28.8 Å². The average molecular weight is 500 g/mol. The Balaban J connectivity index is 1.77. The van der Waals surface area contributed by atoms with Gasteiger partial charge in [-0.25, -0.2) is 26.6 Å². The van der Waals surface area contributed by atoms with Crippen molar-refractivity contribution in [3.63, 3.8) is 0 Å². The Morgan fingerprint density at radius 3 is 2.48 bits per heavy atom. The van der Waals surface area contributed by atoms with Crippen molar-refractivity contribution in [2.75, 3.05) is 18.9 Å². The van der Waals surface area contributed by atoms with Crippen LogP contribution < -0.4 is 14.2 Å². The highest BCUT2D eigenvalue weighted by atomic mass is 35.5. The lowest BCUT2D eigenvalue weighted by Crippen LogP contribution is -2.16. The van der Waals surface area contributed by atoms with Crippen LogP contribution in [0.15, 0.2) is 35.6 Å². The summed E-state index contributed by atoms with van der Waals surface area (Å²) in [5.41, 5.74) is 0.720. The molecule has 15 heteroatoms. The SMILES string of the molecule is COc1nc(NS(=O)(=O)c2c[nH]c3c(-n4ccnn4)c(Cl)ccc23)nc(OC)c1CC(F)F. The summed E-state index contributed by atoms with van der Waals surface area (Å²) < 4.78 is 65.8. The monoisotopic (exact) mass is 499 g/mol. The van der Waals surface area contributed by atoms with Gasteiger partial charge in [-0.1, -0.05) is 16.8 Å². The molecule has 0 aliphatic rings. The van der Waals surface area contributed by atoms with Crippen LogP contribution >= 0.6 is 11.6 Å². The zero-order valence-corrected chi connectivity index (χ0v) is 18.7. The van der Waals surface area contributed by atoms with Crippen molar-refractivity contribution >= 4 is 38.5 Å². The lowest BCUT2D eigenvalue weighted by molar-refractivity contribution is 0.146. The Morgan fingerprint density at radius 1 is 1.21 bits per heavy atom. The van der Waals surface area contributed by atoms with E-state index in [1.54, 1.807) is 6.20 Å². The molecule has 0 fully saturated rings. The second kappa shape index (κ2) is 8.78. The van der Waals surface area contributed by atoms with Crippen molar-refractivity contribution < 1.29 is 26.7 Å². The normalized spacial score (nSPS) is 11.8. The molecular formula is C18H16ClF2N7O4S. The molecule has 3 heterocycles. The van der Waals surface area contributed by atoms with Crippen LogP contribution in [0.4, 0.5) is 14.7 Å². The maximum Gasteiger partial charge on any atom is 0.266 e. The number of ether oxygens (including phenoxy) is 2. The van der Waals surface area contributed by atoms with E-state index in [0.717, 1.165) is 0 Å². The molecule has 4 aromatic rings. The molecule has 1 aromatic carbocycles. The number of hydrogen-bond donors (Lipinski definition) is 2. The number of nitrogens with one attached hydrogen (secondary N) is 2. The number of nitrogens with zero attached hydrogens (tertiary/aromatic N) is 5. The molecule has 0 aliphatic carbocycles. The molecule has 0 atom stereocenters. The van der Waals surface area contributed by atoms with Crippen LogP contribution in [0, 0.1) is 0 Å². The number of sulfonamides is 1. The summed E-state index contributed by atoms with van der Waals surface area (Å²) in [5.74, 6) is -0.889. The molecule has 0 saturated carbocycles. The van der Waals surface area contributed by atoms with Gasteiger partial charge in [0.2, 0.25) is 24.1 Å². The lowest BCUT2D eigenvalue weighted by Gasteiger charge is -2.14. The second-order valence-electron chi connectivity index (χ2n) is 6.56. The number of aromatic nitrogens is 6. The zero-order chi connectivity index (χ0) is 23.8. The second-order valence-corrected chi connectivity index (χ2v) is 8.62. The van der Waals surface area contributed by atoms with E-state index in [-0.39, 0.29) is 22.2 Å². The van der Waals surface area contributed by atoms with Gasteiger partial charge >= 0.3 is 0 Å². The highest BCUT2D eigenvalue weighted by molar-refractivity contribution is 7.93. The fourth-order valence-electron chi connectivity index (χ4n) is 3.24. The molecule has 174 valence electrons. The Kier molecular flexibility index (Phi) is 6.03. The minimum Gasteiger partial charge on any atom is -0.481 e. The average Bonchev–Trinajstić information content (AvgIpc) is 3.44. The molecule has 0 amide bonds. The van der Waals surface area contributed by atoms with Crippen molar-refractivity contribution in [2.24, 2.45) is 0 Å². The smallest absolute Gasteiger partial charge is 0.266 e. The summed E-state index contributed by atoms with van der Waals surface area (Å²) in [4.78, 5) is 10.6. The molecule has 0 spiro atoms. The number of hydrogen-bond acceptors (Lipinski definition) is 8. The topological polar surface area (TPSA) is 137 Å². The van der Waals surface area contributed by atoms with Gasteiger partial charge in [0.05, 0.1) is 42.7 Å². The van der Waals surface area contributed by atoms with Crippen LogP contribution in [0.1, 0.15) is 5.56 Å². The first kappa shape index (κ1) is 22.7. The van der Waals surface area contributed by atoms with E-state index in [1.807, 2.05) is 0 Å². The zero-order valence-electron chi connectivity index (χ0n) is 17.1. The Morgan fingerprint density at radius 2 is 1.91 bits per heavy atom. The molecule has 0 unspecified atom stereocenters. The third kappa shape index (κ3) is 4.26. The van der Waals surface area contributed by atoms with E-state index >= 15 is 0 Å². The van der Waals surface area contributed by atoms with E-state index in [2.05, 4.69) is 30.0 Å². The predicted octanol–water partition coefficient (Wildman–Crippen LogP) is 2.82. The summed E-state index contributed by atoms with van der Waals surface area (Å²) in [5, 5.41) is 8.27. The van der Waals surface area contributed by atoms with Gasteiger partial charge in [-0.2, -0.15) is 9.97 Å². The maximum atomic E-state index is 13.1. The third-order valence-electron chi connectivity index (χ3n) is 4.58. The highest BCUT2D eigenvalue weighted by Crippen LogP contribution is 2.34. The number of aromatic amines is 1. The molecule has 0 aliphatic heterocycles. The standard InChI is InChI=1S/C18H16ClF2N7O4S/c1-31-16-10(7-13(20)21)17(32-2)25-18(24-16)26-33(29,30)12-8-22-14-9(12)3-4-11(19)15(14)28-6-5-23-27-28/h3-6,8,13,22H,7H2,1-2H3,(H,24,25,26). The van der Waals surface area contributed by atoms with Gasteiger partial charge in [-0.05, 0) is 12.1 Å². The lowest BCUT2D eigenvalue weighted by atomic mass is 10.2. The van der Waals surface area contributed by atoms with Crippen LogP contribution in [0.2, 0.25) is 5.02 Å². The number of halogens is 3. The molecule has 0 bridgehead atoms. The van der Waals surface area contributed by atoms with Gasteiger partial charge in [0.15, 0.2) is 0 Å². The number of alkyl halides is 2. The van der Waals surface area contributed by atoms with Crippen molar-refractivity contribution in [1.82, 2.24) is 29.9 Å². The van der Waals surface area contributed by atoms with Crippen molar-refractivity contribution in [2.45, 2.75) is 17.7 Å². The number of benzene rings is 1. The fraction of sp³-hybridized carbons (Fsp3) is 0.222. The third-order valence-corrected chi connectivity index (χ3v) is 6.26. The highest BCUT2D eigenvalue weighted by Gasteiger charge is 2.26. The number of H-pyrrole nitrogens is 1. The van der Waals surface area contributed by atoms with Crippen molar-refractivity contribution in [1.29, 1.82) is 0 Å². The Hall–Kier alpha value is -3.52. The van der Waals surface area contributed by atoms with Gasteiger partial charge in [-0.3, -0.25) is 0 Å². The van der Waals surface area contributed by atoms with Gasteiger partial charge in [-0.15, -0.1) is 5.10 Å². The minimum absolute atomic E-state index is 0.0860. The number of rotatable bonds is 8. The summed E-state index contributed by atoms with van der Waals surface area (Å²) in [6.45, 7) is 0. The van der Waals surface area contributed by atoms with E-state index in [9.17, 15) is 17.2 Å². The van der Waals surface area contributed by atoms with Crippen LogP contribution in [0.5, 0.6) is 11.8 Å². The van der Waals surface area contributed by atoms with Crippen LogP contribution in [0.25, 0.3) is 16.6 Å².